The van der Waals surface area contributed by atoms with E-state index in [1.165, 1.54) is 17.5 Å². The lowest BCUT2D eigenvalue weighted by Crippen LogP contribution is -1.99. The summed E-state index contributed by atoms with van der Waals surface area (Å²) in [5, 5.41) is 13.3. The van der Waals surface area contributed by atoms with Crippen LogP contribution in [-0.4, -0.2) is 16.7 Å². The van der Waals surface area contributed by atoms with E-state index in [0.29, 0.717) is 6.61 Å². The van der Waals surface area contributed by atoms with E-state index in [9.17, 15) is 0 Å². The molecule has 0 aliphatic rings. The molecule has 0 unspecified atom stereocenters. The molecule has 5 heteroatoms. The lowest BCUT2D eigenvalue weighted by atomic mass is 10.1. The molecule has 0 atom stereocenters. The van der Waals surface area contributed by atoms with Crippen LogP contribution in [0.2, 0.25) is 0 Å². The summed E-state index contributed by atoms with van der Waals surface area (Å²) in [6, 6.07) is 18.4. The van der Waals surface area contributed by atoms with Crippen molar-refractivity contribution in [3.63, 3.8) is 0 Å². The number of hydrogen-bond donors (Lipinski definition) is 1. The first-order chi connectivity index (χ1) is 11.8. The summed E-state index contributed by atoms with van der Waals surface area (Å²) < 4.78 is 5.80. The van der Waals surface area contributed by atoms with Crippen LogP contribution in [0.4, 0.5) is 5.13 Å². The van der Waals surface area contributed by atoms with Crippen LogP contribution >= 0.6 is 11.3 Å². The first-order valence-electron chi connectivity index (χ1n) is 8.19. The third-order valence-corrected chi connectivity index (χ3v) is 4.45. The molecule has 0 bridgehead atoms. The topological polar surface area (TPSA) is 47.0 Å². The first kappa shape index (κ1) is 16.5. The summed E-state index contributed by atoms with van der Waals surface area (Å²) >= 11 is 1.54. The molecule has 124 valence electrons. The maximum absolute atomic E-state index is 5.80. The average molecular weight is 339 g/mol. The Morgan fingerprint density at radius 3 is 2.46 bits per heavy atom. The molecule has 0 amide bonds. The van der Waals surface area contributed by atoms with Crippen molar-refractivity contribution in [1.29, 1.82) is 0 Å². The van der Waals surface area contributed by atoms with Gasteiger partial charge in [-0.25, -0.2) is 0 Å². The summed E-state index contributed by atoms with van der Waals surface area (Å²) in [6.45, 7) is 3.55. The lowest BCUT2D eigenvalue weighted by molar-refractivity contribution is 0.304. The van der Waals surface area contributed by atoms with Crippen molar-refractivity contribution in [2.24, 2.45) is 0 Å². The second-order valence-corrected chi connectivity index (χ2v) is 6.52. The number of benzene rings is 2. The molecule has 1 aromatic heterocycles. The molecule has 0 aliphatic carbocycles. The number of ether oxygens (including phenoxy) is 1. The third-order valence-electron chi connectivity index (χ3n) is 3.60. The summed E-state index contributed by atoms with van der Waals surface area (Å²) in [7, 11) is 0. The van der Waals surface area contributed by atoms with Crippen LogP contribution < -0.4 is 10.1 Å². The molecule has 0 spiro atoms. The normalized spacial score (nSPS) is 10.5. The largest absolute Gasteiger partial charge is 0.486 e. The monoisotopic (exact) mass is 339 g/mol. The maximum atomic E-state index is 5.80. The Morgan fingerprint density at radius 2 is 1.71 bits per heavy atom. The standard InChI is InChI=1S/C19H21N3OS/c1-2-3-13-20-19-22-21-18(24-19)14-23-17-11-9-16(10-12-17)15-7-5-4-6-8-15/h4-12H,2-3,13-14H2,1H3,(H,20,22). The van der Waals surface area contributed by atoms with E-state index in [-0.39, 0.29) is 0 Å². The lowest BCUT2D eigenvalue weighted by Gasteiger charge is -2.05. The van der Waals surface area contributed by atoms with Crippen LogP contribution in [0.1, 0.15) is 24.8 Å². The van der Waals surface area contributed by atoms with Gasteiger partial charge in [0, 0.05) is 6.54 Å². The van der Waals surface area contributed by atoms with Gasteiger partial charge in [0.25, 0.3) is 0 Å². The number of nitrogens with zero attached hydrogens (tertiary/aromatic N) is 2. The number of hydrogen-bond acceptors (Lipinski definition) is 5. The second-order valence-electron chi connectivity index (χ2n) is 5.46. The van der Waals surface area contributed by atoms with Crippen molar-refractivity contribution in [3.8, 4) is 16.9 Å². The predicted molar refractivity (Wildman–Crippen MR) is 99.5 cm³/mol. The molecular weight excluding hydrogens is 318 g/mol. The van der Waals surface area contributed by atoms with E-state index >= 15 is 0 Å². The molecule has 0 saturated heterocycles. The first-order valence-corrected chi connectivity index (χ1v) is 9.01. The van der Waals surface area contributed by atoms with Gasteiger partial charge in [-0.3, -0.25) is 0 Å². The minimum absolute atomic E-state index is 0.442. The van der Waals surface area contributed by atoms with Crippen molar-refractivity contribution in [3.05, 3.63) is 59.6 Å². The number of rotatable bonds is 8. The van der Waals surface area contributed by atoms with E-state index in [0.717, 1.165) is 28.9 Å². The molecule has 3 rings (SSSR count). The minimum Gasteiger partial charge on any atom is -0.486 e. The minimum atomic E-state index is 0.442. The number of anilines is 1. The SMILES string of the molecule is CCCCNc1nnc(COc2ccc(-c3ccccc3)cc2)s1. The van der Waals surface area contributed by atoms with E-state index in [2.05, 4.69) is 46.7 Å². The van der Waals surface area contributed by atoms with Gasteiger partial charge in [-0.2, -0.15) is 0 Å². The summed E-state index contributed by atoms with van der Waals surface area (Å²) in [4.78, 5) is 0. The Bertz CT molecular complexity index is 741. The van der Waals surface area contributed by atoms with Gasteiger partial charge in [0.05, 0.1) is 0 Å². The highest BCUT2D eigenvalue weighted by molar-refractivity contribution is 7.15. The molecule has 1 heterocycles. The van der Waals surface area contributed by atoms with Crippen molar-refractivity contribution >= 4 is 16.5 Å². The zero-order chi connectivity index (χ0) is 16.6. The number of nitrogens with one attached hydrogen (secondary N) is 1. The highest BCUT2D eigenvalue weighted by Crippen LogP contribution is 2.23. The Hall–Kier alpha value is -2.40. The smallest absolute Gasteiger partial charge is 0.205 e. The van der Waals surface area contributed by atoms with Gasteiger partial charge in [-0.1, -0.05) is 67.1 Å². The van der Waals surface area contributed by atoms with Gasteiger partial charge in [-0.15, -0.1) is 10.2 Å². The van der Waals surface area contributed by atoms with Crippen molar-refractivity contribution in [2.75, 3.05) is 11.9 Å². The summed E-state index contributed by atoms with van der Waals surface area (Å²) in [5.41, 5.74) is 2.39. The van der Waals surface area contributed by atoms with Crippen LogP contribution in [0.5, 0.6) is 5.75 Å². The van der Waals surface area contributed by atoms with Gasteiger partial charge in [0.1, 0.15) is 12.4 Å². The highest BCUT2D eigenvalue weighted by atomic mass is 32.1. The van der Waals surface area contributed by atoms with E-state index in [4.69, 9.17) is 4.74 Å². The number of unbranched alkanes of at least 4 members (excludes halogenated alkanes) is 1. The fraction of sp³-hybridized carbons (Fsp3) is 0.263. The van der Waals surface area contributed by atoms with Gasteiger partial charge in [0.2, 0.25) is 5.13 Å². The second kappa shape index (κ2) is 8.45. The fourth-order valence-electron chi connectivity index (χ4n) is 2.27. The van der Waals surface area contributed by atoms with Gasteiger partial charge in [-0.05, 0) is 29.7 Å². The van der Waals surface area contributed by atoms with Crippen LogP contribution in [0, 0.1) is 0 Å². The fourth-order valence-corrected chi connectivity index (χ4v) is 2.95. The van der Waals surface area contributed by atoms with E-state index in [1.807, 2.05) is 30.3 Å². The van der Waals surface area contributed by atoms with Crippen molar-refractivity contribution in [1.82, 2.24) is 10.2 Å². The van der Waals surface area contributed by atoms with Crippen molar-refractivity contribution < 1.29 is 4.74 Å². The molecule has 0 fully saturated rings. The van der Waals surface area contributed by atoms with E-state index < -0.39 is 0 Å². The number of aromatic nitrogens is 2. The zero-order valence-electron chi connectivity index (χ0n) is 13.7. The summed E-state index contributed by atoms with van der Waals surface area (Å²) in [6.07, 6.45) is 2.31. The quantitative estimate of drug-likeness (QED) is 0.587. The van der Waals surface area contributed by atoms with Gasteiger partial charge in [0.15, 0.2) is 5.01 Å². The molecular formula is C19H21N3OS. The molecule has 24 heavy (non-hydrogen) atoms. The molecule has 0 radical (unpaired) electrons. The predicted octanol–water partition coefficient (Wildman–Crippen LogP) is 5.00. The van der Waals surface area contributed by atoms with Crippen molar-refractivity contribution in [2.45, 2.75) is 26.4 Å². The Balaban J connectivity index is 1.53. The molecule has 3 aromatic rings. The zero-order valence-corrected chi connectivity index (χ0v) is 14.6. The summed E-state index contributed by atoms with van der Waals surface area (Å²) in [5.74, 6) is 0.838. The van der Waals surface area contributed by atoms with Crippen LogP contribution in [0.15, 0.2) is 54.6 Å². The van der Waals surface area contributed by atoms with Crippen LogP contribution in [0.25, 0.3) is 11.1 Å². The Labute approximate surface area is 146 Å². The molecule has 0 saturated carbocycles. The third kappa shape index (κ3) is 4.55. The molecule has 0 aliphatic heterocycles. The molecule has 4 nitrogen and oxygen atoms in total. The molecule has 1 N–H and O–H groups in total. The van der Waals surface area contributed by atoms with Crippen LogP contribution in [0.3, 0.4) is 0 Å². The Morgan fingerprint density at radius 1 is 0.958 bits per heavy atom. The van der Waals surface area contributed by atoms with E-state index in [1.54, 1.807) is 11.3 Å². The van der Waals surface area contributed by atoms with Crippen LogP contribution in [-0.2, 0) is 6.61 Å². The maximum Gasteiger partial charge on any atom is 0.205 e. The average Bonchev–Trinajstić information content (AvgIpc) is 3.09. The Kier molecular flexibility index (Phi) is 5.80. The van der Waals surface area contributed by atoms with Gasteiger partial charge < -0.3 is 10.1 Å². The highest BCUT2D eigenvalue weighted by Gasteiger charge is 2.05. The van der Waals surface area contributed by atoms with Gasteiger partial charge >= 0.3 is 0 Å². The molecule has 2 aromatic carbocycles.